The maximum atomic E-state index is 12.5. The number of carboxylic acid groups (broad SMARTS) is 1. The Morgan fingerprint density at radius 1 is 1.03 bits per heavy atom. The van der Waals surface area contributed by atoms with Crippen LogP contribution in [0.1, 0.15) is 28.9 Å². The summed E-state index contributed by atoms with van der Waals surface area (Å²) in [6.07, 6.45) is 1.71. The number of aliphatic carboxylic acids is 1. The molecular weight excluding hydrogens is 396 g/mol. The van der Waals surface area contributed by atoms with Gasteiger partial charge in [0.25, 0.3) is 5.91 Å². The van der Waals surface area contributed by atoms with Crippen molar-refractivity contribution >= 4 is 34.4 Å². The smallest absolute Gasteiger partial charge is 0.325 e. The number of aromatic amines is 1. The largest absolute Gasteiger partial charge is 0.480 e. The summed E-state index contributed by atoms with van der Waals surface area (Å²) in [5.74, 6) is -1.18. The third-order valence-electron chi connectivity index (χ3n) is 5.66. The fraction of sp³-hybridized carbons (Fsp3) is 0.261. The number of amides is 2. The Morgan fingerprint density at radius 3 is 2.39 bits per heavy atom. The summed E-state index contributed by atoms with van der Waals surface area (Å²) >= 11 is 0. The molecule has 1 aliphatic rings. The molecule has 1 saturated heterocycles. The molecular formula is C23H24N4O4. The molecule has 0 saturated carbocycles. The van der Waals surface area contributed by atoms with Gasteiger partial charge in [-0.05, 0) is 30.3 Å². The van der Waals surface area contributed by atoms with Crippen molar-refractivity contribution < 1.29 is 19.5 Å². The average Bonchev–Trinajstić information content (AvgIpc) is 3.17. The van der Waals surface area contributed by atoms with Crippen LogP contribution in [0.15, 0.2) is 54.7 Å². The summed E-state index contributed by atoms with van der Waals surface area (Å²) in [4.78, 5) is 43.0. The number of benzene rings is 2. The Labute approximate surface area is 179 Å². The molecule has 3 N–H and O–H groups in total. The third kappa shape index (κ3) is 4.29. The van der Waals surface area contributed by atoms with Gasteiger partial charge in [0.15, 0.2) is 0 Å². The Hall–Kier alpha value is -3.65. The molecule has 8 heteroatoms. The van der Waals surface area contributed by atoms with E-state index in [0.717, 1.165) is 10.9 Å². The summed E-state index contributed by atoms with van der Waals surface area (Å²) < 4.78 is 0. The lowest BCUT2D eigenvalue weighted by Gasteiger charge is -2.37. The van der Waals surface area contributed by atoms with Gasteiger partial charge in [0, 0.05) is 67.0 Å². The standard InChI is InChI=1S/C23H24N4O4/c1-15(28)26-9-11-27(12-10-26)21(23(30)31)19-14-24-20-8-7-17(13-18(19)20)25-22(29)16-5-3-2-4-6-16/h2-8,13-14,21,24H,9-12H2,1H3,(H,25,29)(H,30,31). The minimum Gasteiger partial charge on any atom is -0.480 e. The maximum absolute atomic E-state index is 12.5. The number of nitrogens with one attached hydrogen (secondary N) is 2. The minimum atomic E-state index is -0.948. The quantitative estimate of drug-likeness (QED) is 0.589. The van der Waals surface area contributed by atoms with E-state index in [9.17, 15) is 19.5 Å². The summed E-state index contributed by atoms with van der Waals surface area (Å²) in [6.45, 7) is 3.48. The van der Waals surface area contributed by atoms with E-state index >= 15 is 0 Å². The van der Waals surface area contributed by atoms with Crippen molar-refractivity contribution in [3.8, 4) is 0 Å². The number of fused-ring (bicyclic) bond motifs is 1. The Bertz CT molecular complexity index is 1120. The van der Waals surface area contributed by atoms with Crippen LogP contribution in [0.2, 0.25) is 0 Å². The molecule has 1 unspecified atom stereocenters. The Morgan fingerprint density at radius 2 is 1.74 bits per heavy atom. The van der Waals surface area contributed by atoms with Gasteiger partial charge in [0.2, 0.25) is 5.91 Å². The van der Waals surface area contributed by atoms with Gasteiger partial charge < -0.3 is 20.3 Å². The molecule has 1 aromatic heterocycles. The fourth-order valence-electron chi connectivity index (χ4n) is 4.02. The highest BCUT2D eigenvalue weighted by atomic mass is 16.4. The minimum absolute atomic E-state index is 0.00239. The molecule has 8 nitrogen and oxygen atoms in total. The van der Waals surface area contributed by atoms with Crippen LogP contribution in [-0.4, -0.2) is 63.9 Å². The number of rotatable bonds is 5. The molecule has 0 spiro atoms. The molecule has 1 atom stereocenters. The first-order valence-electron chi connectivity index (χ1n) is 10.1. The van der Waals surface area contributed by atoms with Crippen molar-refractivity contribution in [3.05, 3.63) is 65.9 Å². The summed E-state index contributed by atoms with van der Waals surface area (Å²) in [5, 5.41) is 13.6. The SMILES string of the molecule is CC(=O)N1CCN(C(C(=O)O)c2c[nH]c3ccc(NC(=O)c4ccccc4)cc23)CC1. The van der Waals surface area contributed by atoms with Gasteiger partial charge in [-0.25, -0.2) is 0 Å². The number of H-pyrrole nitrogens is 1. The first-order valence-corrected chi connectivity index (χ1v) is 10.1. The summed E-state index contributed by atoms with van der Waals surface area (Å²) in [7, 11) is 0. The van der Waals surface area contributed by atoms with Crippen LogP contribution in [0.4, 0.5) is 5.69 Å². The molecule has 2 heterocycles. The van der Waals surface area contributed by atoms with E-state index in [-0.39, 0.29) is 11.8 Å². The lowest BCUT2D eigenvalue weighted by Crippen LogP contribution is -2.50. The van der Waals surface area contributed by atoms with E-state index in [0.29, 0.717) is 43.0 Å². The third-order valence-corrected chi connectivity index (χ3v) is 5.66. The normalized spacial score (nSPS) is 15.6. The van der Waals surface area contributed by atoms with Crippen molar-refractivity contribution in [2.24, 2.45) is 0 Å². The van der Waals surface area contributed by atoms with Crippen LogP contribution in [0.25, 0.3) is 10.9 Å². The van der Waals surface area contributed by atoms with Gasteiger partial charge in [0.05, 0.1) is 0 Å². The van der Waals surface area contributed by atoms with E-state index in [1.165, 1.54) is 6.92 Å². The lowest BCUT2D eigenvalue weighted by molar-refractivity contribution is -0.144. The second-order valence-corrected chi connectivity index (χ2v) is 7.61. The number of anilines is 1. The number of carboxylic acids is 1. The molecule has 1 aliphatic heterocycles. The molecule has 0 radical (unpaired) electrons. The van der Waals surface area contributed by atoms with Crippen molar-refractivity contribution in [2.75, 3.05) is 31.5 Å². The van der Waals surface area contributed by atoms with Crippen molar-refractivity contribution in [1.29, 1.82) is 0 Å². The Kier molecular flexibility index (Phi) is 5.73. The number of nitrogens with zero attached hydrogens (tertiary/aromatic N) is 2. The maximum Gasteiger partial charge on any atom is 0.325 e. The molecule has 2 amide bonds. The lowest BCUT2D eigenvalue weighted by atomic mass is 10.0. The van der Waals surface area contributed by atoms with Gasteiger partial charge in [-0.1, -0.05) is 18.2 Å². The molecule has 0 aliphatic carbocycles. The van der Waals surface area contributed by atoms with Crippen molar-refractivity contribution in [1.82, 2.24) is 14.8 Å². The second kappa shape index (κ2) is 8.61. The monoisotopic (exact) mass is 420 g/mol. The van der Waals surface area contributed by atoms with Crippen molar-refractivity contribution in [2.45, 2.75) is 13.0 Å². The van der Waals surface area contributed by atoms with Gasteiger partial charge >= 0.3 is 5.97 Å². The van der Waals surface area contributed by atoms with E-state index in [1.807, 2.05) is 17.0 Å². The number of carbonyl (C=O) groups is 3. The molecule has 31 heavy (non-hydrogen) atoms. The highest BCUT2D eigenvalue weighted by Crippen LogP contribution is 2.31. The van der Waals surface area contributed by atoms with Gasteiger partial charge in [-0.15, -0.1) is 0 Å². The first kappa shape index (κ1) is 20.6. The number of carbonyl (C=O) groups excluding carboxylic acids is 2. The van der Waals surface area contributed by atoms with E-state index in [2.05, 4.69) is 10.3 Å². The molecule has 1 fully saturated rings. The number of aromatic nitrogens is 1. The van der Waals surface area contributed by atoms with E-state index < -0.39 is 12.0 Å². The Balaban J connectivity index is 1.60. The molecule has 0 bridgehead atoms. The van der Waals surface area contributed by atoms with Gasteiger partial charge in [0.1, 0.15) is 6.04 Å². The molecule has 4 rings (SSSR count). The predicted octanol–water partition coefficient (Wildman–Crippen LogP) is 2.71. The topological polar surface area (TPSA) is 106 Å². The van der Waals surface area contributed by atoms with Crippen LogP contribution in [0.5, 0.6) is 0 Å². The first-order chi connectivity index (χ1) is 14.9. The fourth-order valence-corrected chi connectivity index (χ4v) is 4.02. The highest BCUT2D eigenvalue weighted by Gasteiger charge is 2.32. The number of hydrogen-bond donors (Lipinski definition) is 3. The molecule has 2 aromatic carbocycles. The zero-order valence-electron chi connectivity index (χ0n) is 17.2. The van der Waals surface area contributed by atoms with Crippen LogP contribution >= 0.6 is 0 Å². The van der Waals surface area contributed by atoms with Crippen LogP contribution in [0.3, 0.4) is 0 Å². The van der Waals surface area contributed by atoms with Gasteiger partial charge in [-0.3, -0.25) is 19.3 Å². The zero-order valence-corrected chi connectivity index (χ0v) is 17.2. The van der Waals surface area contributed by atoms with Crippen LogP contribution in [-0.2, 0) is 9.59 Å². The predicted molar refractivity (Wildman–Crippen MR) is 117 cm³/mol. The summed E-state index contributed by atoms with van der Waals surface area (Å²) in [6, 6.07) is 13.5. The molecule has 3 aromatic rings. The molecule has 160 valence electrons. The van der Waals surface area contributed by atoms with Crippen molar-refractivity contribution in [3.63, 3.8) is 0 Å². The van der Waals surface area contributed by atoms with Crippen LogP contribution < -0.4 is 5.32 Å². The highest BCUT2D eigenvalue weighted by molar-refractivity contribution is 6.05. The van der Waals surface area contributed by atoms with E-state index in [1.54, 1.807) is 47.5 Å². The average molecular weight is 420 g/mol. The van der Waals surface area contributed by atoms with Gasteiger partial charge in [-0.2, -0.15) is 0 Å². The number of hydrogen-bond acceptors (Lipinski definition) is 4. The second-order valence-electron chi connectivity index (χ2n) is 7.61. The van der Waals surface area contributed by atoms with E-state index in [4.69, 9.17) is 0 Å². The zero-order chi connectivity index (χ0) is 22.0. The van der Waals surface area contributed by atoms with Crippen LogP contribution in [0, 0.1) is 0 Å². The number of piperazine rings is 1. The summed E-state index contributed by atoms with van der Waals surface area (Å²) in [5.41, 5.74) is 2.56.